The van der Waals surface area contributed by atoms with Gasteiger partial charge in [0.1, 0.15) is 11.5 Å². The summed E-state index contributed by atoms with van der Waals surface area (Å²) in [5, 5.41) is 0. The molecule has 0 N–H and O–H groups in total. The fourth-order valence-corrected chi connectivity index (χ4v) is 5.48. The maximum absolute atomic E-state index is 13.8. The summed E-state index contributed by atoms with van der Waals surface area (Å²) in [6, 6.07) is 9.54. The zero-order valence-corrected chi connectivity index (χ0v) is 22.4. The molecule has 1 aliphatic carbocycles. The average Bonchev–Trinajstić information content (AvgIpc) is 3.59. The summed E-state index contributed by atoms with van der Waals surface area (Å²) in [6.07, 6.45) is 5.16. The van der Waals surface area contributed by atoms with Crippen molar-refractivity contribution >= 4 is 11.8 Å². The molecule has 0 unspecified atom stereocenters. The Labute approximate surface area is 224 Å². The van der Waals surface area contributed by atoms with E-state index in [-0.39, 0.29) is 31.1 Å². The molecule has 38 heavy (non-hydrogen) atoms. The van der Waals surface area contributed by atoms with Crippen LogP contribution in [0, 0.1) is 12.8 Å². The molecular weight excluding hydrogens is 486 g/mol. The van der Waals surface area contributed by atoms with E-state index in [1.165, 1.54) is 6.42 Å². The number of amides is 2. The van der Waals surface area contributed by atoms with Crippen LogP contribution in [0.2, 0.25) is 0 Å². The number of fused-ring (bicyclic) bond motifs is 1. The van der Waals surface area contributed by atoms with Crippen molar-refractivity contribution in [3.05, 3.63) is 47.4 Å². The summed E-state index contributed by atoms with van der Waals surface area (Å²) in [5.74, 6) is 2.94. The summed E-state index contributed by atoms with van der Waals surface area (Å²) < 4.78 is 22.3. The van der Waals surface area contributed by atoms with Crippen LogP contribution in [0.25, 0.3) is 0 Å². The van der Waals surface area contributed by atoms with Crippen LogP contribution in [0.3, 0.4) is 0 Å². The van der Waals surface area contributed by atoms with Crippen molar-refractivity contribution in [2.45, 2.75) is 52.1 Å². The molecule has 0 bridgehead atoms. The van der Waals surface area contributed by atoms with Crippen LogP contribution in [0.1, 0.15) is 49.2 Å². The Morgan fingerprint density at radius 2 is 1.74 bits per heavy atom. The standard InChI is InChI=1S/C29H39N3O6/c1-22-7-9-25(38-22)19-32(18-23-8-10-26-27(17-23)37-21-36-26)28(33)20-31(12-11-30-13-15-35-16-14-30)29(34)24-5-3-2-4-6-24/h7-10,17,24H,2-6,11-16,18-21H2,1H3. The Kier molecular flexibility index (Phi) is 8.86. The molecule has 0 radical (unpaired) electrons. The number of rotatable bonds is 10. The Morgan fingerprint density at radius 1 is 0.947 bits per heavy atom. The molecule has 2 fully saturated rings. The van der Waals surface area contributed by atoms with Crippen molar-refractivity contribution in [2.24, 2.45) is 5.92 Å². The summed E-state index contributed by atoms with van der Waals surface area (Å²) in [6.45, 7) is 7.28. The van der Waals surface area contributed by atoms with Crippen molar-refractivity contribution in [3.63, 3.8) is 0 Å². The monoisotopic (exact) mass is 525 g/mol. The van der Waals surface area contributed by atoms with Gasteiger partial charge in [0.05, 0.1) is 26.3 Å². The molecule has 1 saturated heterocycles. The predicted molar refractivity (Wildman–Crippen MR) is 141 cm³/mol. The molecule has 1 saturated carbocycles. The van der Waals surface area contributed by atoms with Gasteiger partial charge >= 0.3 is 0 Å². The minimum absolute atomic E-state index is 0.0104. The van der Waals surface area contributed by atoms with Gasteiger partial charge in [-0.2, -0.15) is 0 Å². The first kappa shape index (κ1) is 26.6. The van der Waals surface area contributed by atoms with Crippen molar-refractivity contribution in [2.75, 3.05) is 52.7 Å². The maximum Gasteiger partial charge on any atom is 0.242 e. The number of nitrogens with zero attached hydrogens (tertiary/aromatic N) is 3. The highest BCUT2D eigenvalue weighted by Crippen LogP contribution is 2.33. The number of ether oxygens (including phenoxy) is 3. The summed E-state index contributed by atoms with van der Waals surface area (Å²) in [7, 11) is 0. The molecule has 1 aromatic carbocycles. The van der Waals surface area contributed by atoms with Crippen LogP contribution in [0.4, 0.5) is 0 Å². The second-order valence-electron chi connectivity index (χ2n) is 10.5. The lowest BCUT2D eigenvalue weighted by Crippen LogP contribution is -2.48. The summed E-state index contributed by atoms with van der Waals surface area (Å²) in [5.41, 5.74) is 0.935. The average molecular weight is 526 g/mol. The zero-order chi connectivity index (χ0) is 26.3. The van der Waals surface area contributed by atoms with Gasteiger partial charge in [0, 0.05) is 38.6 Å². The molecule has 0 spiro atoms. The molecular formula is C29H39N3O6. The lowest BCUT2D eigenvalue weighted by molar-refractivity contribution is -0.144. The quantitative estimate of drug-likeness (QED) is 0.469. The van der Waals surface area contributed by atoms with Crippen LogP contribution < -0.4 is 9.47 Å². The first-order valence-corrected chi connectivity index (χ1v) is 13.9. The van der Waals surface area contributed by atoms with E-state index < -0.39 is 0 Å². The van der Waals surface area contributed by atoms with E-state index in [9.17, 15) is 9.59 Å². The van der Waals surface area contributed by atoms with Crippen molar-refractivity contribution < 1.29 is 28.2 Å². The molecule has 0 atom stereocenters. The highest BCUT2D eigenvalue weighted by atomic mass is 16.7. The van der Waals surface area contributed by atoms with Gasteiger partial charge in [0.25, 0.3) is 0 Å². The van der Waals surface area contributed by atoms with Crippen LogP contribution >= 0.6 is 0 Å². The number of carbonyl (C=O) groups is 2. The highest BCUT2D eigenvalue weighted by molar-refractivity contribution is 5.86. The van der Waals surface area contributed by atoms with Crippen LogP contribution in [-0.4, -0.2) is 79.2 Å². The molecule has 9 heteroatoms. The first-order chi connectivity index (χ1) is 18.5. The van der Waals surface area contributed by atoms with E-state index >= 15 is 0 Å². The van der Waals surface area contributed by atoms with E-state index in [0.717, 1.165) is 62.4 Å². The molecule has 1 aromatic heterocycles. The van der Waals surface area contributed by atoms with E-state index in [0.29, 0.717) is 44.3 Å². The molecule has 2 aliphatic heterocycles. The normalized spacial score (nSPS) is 17.9. The molecule has 3 heterocycles. The van der Waals surface area contributed by atoms with Gasteiger partial charge in [0.15, 0.2) is 11.5 Å². The number of benzene rings is 1. The van der Waals surface area contributed by atoms with Gasteiger partial charge < -0.3 is 28.4 Å². The van der Waals surface area contributed by atoms with Gasteiger partial charge in [-0.1, -0.05) is 25.3 Å². The third kappa shape index (κ3) is 6.88. The number of furan rings is 1. The number of hydrogen-bond acceptors (Lipinski definition) is 7. The van der Waals surface area contributed by atoms with Gasteiger partial charge in [0.2, 0.25) is 18.6 Å². The summed E-state index contributed by atoms with van der Waals surface area (Å²) in [4.78, 5) is 33.4. The minimum Gasteiger partial charge on any atom is -0.464 e. The van der Waals surface area contributed by atoms with E-state index in [2.05, 4.69) is 4.90 Å². The molecule has 2 amide bonds. The predicted octanol–water partition coefficient (Wildman–Crippen LogP) is 3.59. The maximum atomic E-state index is 13.8. The lowest BCUT2D eigenvalue weighted by atomic mass is 9.88. The molecule has 9 nitrogen and oxygen atoms in total. The van der Waals surface area contributed by atoms with Crippen LogP contribution in [0.15, 0.2) is 34.7 Å². The third-order valence-corrected chi connectivity index (χ3v) is 7.69. The number of carbonyl (C=O) groups excluding carboxylic acids is 2. The zero-order valence-electron chi connectivity index (χ0n) is 22.4. The SMILES string of the molecule is Cc1ccc(CN(Cc2ccc3c(c2)OCO3)C(=O)CN(CCN2CCOCC2)C(=O)C2CCCCC2)o1. The van der Waals surface area contributed by atoms with Crippen molar-refractivity contribution in [3.8, 4) is 11.5 Å². The second-order valence-corrected chi connectivity index (χ2v) is 10.5. The lowest BCUT2D eigenvalue weighted by Gasteiger charge is -2.33. The Bertz CT molecular complexity index is 1090. The first-order valence-electron chi connectivity index (χ1n) is 13.9. The van der Waals surface area contributed by atoms with Crippen molar-refractivity contribution in [1.82, 2.24) is 14.7 Å². The molecule has 5 rings (SSSR count). The van der Waals surface area contributed by atoms with Crippen molar-refractivity contribution in [1.29, 1.82) is 0 Å². The third-order valence-electron chi connectivity index (χ3n) is 7.69. The topological polar surface area (TPSA) is 84.7 Å². The Balaban J connectivity index is 1.31. The smallest absolute Gasteiger partial charge is 0.242 e. The molecule has 206 valence electrons. The second kappa shape index (κ2) is 12.7. The van der Waals surface area contributed by atoms with Gasteiger partial charge in [-0.3, -0.25) is 14.5 Å². The minimum atomic E-state index is -0.0946. The largest absolute Gasteiger partial charge is 0.464 e. The summed E-state index contributed by atoms with van der Waals surface area (Å²) >= 11 is 0. The molecule has 3 aliphatic rings. The van der Waals surface area contributed by atoms with Crippen LogP contribution in [-0.2, 0) is 27.4 Å². The number of hydrogen-bond donors (Lipinski definition) is 0. The number of aryl methyl sites for hydroxylation is 1. The highest BCUT2D eigenvalue weighted by Gasteiger charge is 2.29. The van der Waals surface area contributed by atoms with Gasteiger partial charge in [-0.05, 0) is 49.6 Å². The fourth-order valence-electron chi connectivity index (χ4n) is 5.48. The van der Waals surface area contributed by atoms with Crippen LogP contribution in [0.5, 0.6) is 11.5 Å². The Hall–Kier alpha value is -3.04. The number of morpholine rings is 1. The fraction of sp³-hybridized carbons (Fsp3) is 0.586. The Morgan fingerprint density at radius 3 is 2.50 bits per heavy atom. The van der Waals surface area contributed by atoms with E-state index in [4.69, 9.17) is 18.6 Å². The van der Waals surface area contributed by atoms with Gasteiger partial charge in [-0.15, -0.1) is 0 Å². The van der Waals surface area contributed by atoms with E-state index in [1.54, 1.807) is 9.80 Å². The van der Waals surface area contributed by atoms with E-state index in [1.807, 2.05) is 37.3 Å². The molecule has 2 aromatic rings. The van der Waals surface area contributed by atoms with Gasteiger partial charge in [-0.25, -0.2) is 0 Å².